The van der Waals surface area contributed by atoms with E-state index < -0.39 is 17.4 Å². The molecule has 4 rings (SSSR count). The smallest absolute Gasteiger partial charge is 0.332 e. The van der Waals surface area contributed by atoms with Crippen molar-refractivity contribution in [1.82, 2.24) is 9.88 Å². The van der Waals surface area contributed by atoms with Gasteiger partial charge in [0.05, 0.1) is 23.9 Å². The molecule has 0 unspecified atom stereocenters. The Bertz CT molecular complexity index is 1370. The van der Waals surface area contributed by atoms with Crippen LogP contribution in [0.2, 0.25) is 5.02 Å². The average molecular weight is 507 g/mol. The number of nitrogens with zero attached hydrogens (tertiary/aromatic N) is 4. The summed E-state index contributed by atoms with van der Waals surface area (Å²) >= 11 is 6.27. The number of ether oxygens (including phenoxy) is 1. The molecular formula is C27H24ClFN4O3. The fraction of sp³-hybridized carbons (Fsp3) is 0.259. The third kappa shape index (κ3) is 4.50. The fourth-order valence-corrected chi connectivity index (χ4v) is 4.38. The zero-order valence-corrected chi connectivity index (χ0v) is 20.8. The van der Waals surface area contributed by atoms with E-state index in [0.717, 1.165) is 10.5 Å². The Morgan fingerprint density at radius 3 is 2.53 bits per heavy atom. The molecule has 0 N–H and O–H groups in total. The van der Waals surface area contributed by atoms with E-state index >= 15 is 0 Å². The quantitative estimate of drug-likeness (QED) is 0.211. The van der Waals surface area contributed by atoms with Gasteiger partial charge in [-0.25, -0.2) is 18.9 Å². The van der Waals surface area contributed by atoms with Gasteiger partial charge in [-0.05, 0) is 68.7 Å². The van der Waals surface area contributed by atoms with Crippen molar-refractivity contribution in [2.45, 2.75) is 32.7 Å². The predicted octanol–water partition coefficient (Wildman–Crippen LogP) is 6.42. The van der Waals surface area contributed by atoms with Crippen molar-refractivity contribution < 1.29 is 18.7 Å². The molecule has 3 aromatic rings. The SMILES string of the molecule is [C-]#[N+]c1ccc(N2C(=O)N(CCCOc3ccc(-c4ccncc4)c(F)c3)C(C)(C)C2=O)c(C)c1Cl. The number of imide groups is 1. The number of anilines is 1. The van der Waals surface area contributed by atoms with E-state index in [2.05, 4.69) is 9.83 Å². The highest BCUT2D eigenvalue weighted by molar-refractivity contribution is 6.35. The lowest BCUT2D eigenvalue weighted by molar-refractivity contribution is -0.123. The van der Waals surface area contributed by atoms with Crippen LogP contribution in [0.15, 0.2) is 54.9 Å². The summed E-state index contributed by atoms with van der Waals surface area (Å²) in [6.45, 7) is 12.7. The lowest BCUT2D eigenvalue weighted by atomic mass is 10.0. The van der Waals surface area contributed by atoms with Gasteiger partial charge >= 0.3 is 6.03 Å². The van der Waals surface area contributed by atoms with Crippen LogP contribution < -0.4 is 9.64 Å². The molecule has 0 spiro atoms. The van der Waals surface area contributed by atoms with Crippen LogP contribution in [0, 0.1) is 19.3 Å². The molecule has 9 heteroatoms. The van der Waals surface area contributed by atoms with Crippen molar-refractivity contribution in [2.24, 2.45) is 0 Å². The monoisotopic (exact) mass is 506 g/mol. The third-order valence-electron chi connectivity index (χ3n) is 6.25. The lowest BCUT2D eigenvalue weighted by Crippen LogP contribution is -2.44. The summed E-state index contributed by atoms with van der Waals surface area (Å²) in [7, 11) is 0. The van der Waals surface area contributed by atoms with Gasteiger partial charge in [-0.15, -0.1) is 0 Å². The van der Waals surface area contributed by atoms with E-state index in [0.29, 0.717) is 29.0 Å². The Morgan fingerprint density at radius 2 is 1.86 bits per heavy atom. The van der Waals surface area contributed by atoms with Crippen LogP contribution in [0.3, 0.4) is 0 Å². The topological polar surface area (TPSA) is 67.1 Å². The number of amides is 3. The summed E-state index contributed by atoms with van der Waals surface area (Å²) in [6.07, 6.45) is 3.63. The van der Waals surface area contributed by atoms with Crippen molar-refractivity contribution in [3.63, 3.8) is 0 Å². The van der Waals surface area contributed by atoms with Crippen molar-refractivity contribution >= 4 is 34.9 Å². The third-order valence-corrected chi connectivity index (χ3v) is 6.73. The Balaban J connectivity index is 1.42. The molecule has 1 fully saturated rings. The maximum absolute atomic E-state index is 14.6. The minimum atomic E-state index is -1.08. The molecule has 2 heterocycles. The van der Waals surface area contributed by atoms with Gasteiger partial charge in [0.15, 0.2) is 0 Å². The number of halogens is 2. The minimum Gasteiger partial charge on any atom is -0.493 e. The summed E-state index contributed by atoms with van der Waals surface area (Å²) < 4.78 is 20.3. The zero-order chi connectivity index (χ0) is 26.0. The molecule has 1 aliphatic heterocycles. The van der Waals surface area contributed by atoms with Gasteiger partial charge < -0.3 is 9.64 Å². The van der Waals surface area contributed by atoms with Gasteiger partial charge in [0, 0.05) is 30.6 Å². The van der Waals surface area contributed by atoms with Crippen LogP contribution in [0.1, 0.15) is 25.8 Å². The highest BCUT2D eigenvalue weighted by Crippen LogP contribution is 2.39. The Morgan fingerprint density at radius 1 is 1.14 bits per heavy atom. The van der Waals surface area contributed by atoms with Gasteiger partial charge in [-0.3, -0.25) is 9.78 Å². The zero-order valence-electron chi connectivity index (χ0n) is 20.1. The molecule has 3 amide bonds. The second-order valence-electron chi connectivity index (χ2n) is 8.87. The molecule has 2 aromatic carbocycles. The first-order valence-corrected chi connectivity index (χ1v) is 11.7. The van der Waals surface area contributed by atoms with Crippen LogP contribution >= 0.6 is 11.6 Å². The van der Waals surface area contributed by atoms with E-state index in [1.165, 1.54) is 17.0 Å². The highest BCUT2D eigenvalue weighted by Gasteiger charge is 2.51. The maximum Gasteiger partial charge on any atom is 0.332 e. The lowest BCUT2D eigenvalue weighted by Gasteiger charge is -2.27. The number of urea groups is 1. The Hall–Kier alpha value is -3.96. The first-order chi connectivity index (χ1) is 17.2. The Kier molecular flexibility index (Phi) is 6.95. The molecule has 0 bridgehead atoms. The van der Waals surface area contributed by atoms with Crippen molar-refractivity contribution in [2.75, 3.05) is 18.1 Å². The largest absolute Gasteiger partial charge is 0.493 e. The van der Waals surface area contributed by atoms with Crippen molar-refractivity contribution in [3.8, 4) is 16.9 Å². The standard InChI is InChI=1S/C27H24ClFN4O3/c1-17-23(9-8-22(30-4)24(17)28)33-25(34)27(2,3)32(26(33)35)14-5-15-36-19-6-7-20(21(29)16-19)18-10-12-31-13-11-18/h6-13,16H,5,14-15H2,1-3H3. The van der Waals surface area contributed by atoms with Crippen LogP contribution in [0.25, 0.3) is 16.0 Å². The van der Waals surface area contributed by atoms with Gasteiger partial charge in [0.1, 0.15) is 17.1 Å². The number of rotatable bonds is 7. The minimum absolute atomic E-state index is 0.218. The number of pyridine rings is 1. The van der Waals surface area contributed by atoms with E-state index in [1.54, 1.807) is 63.5 Å². The summed E-state index contributed by atoms with van der Waals surface area (Å²) in [4.78, 5) is 36.4. The Labute approximate surface area is 213 Å². The van der Waals surface area contributed by atoms with Crippen molar-refractivity contribution in [3.05, 3.63) is 82.7 Å². The summed E-state index contributed by atoms with van der Waals surface area (Å²) in [5.41, 5.74) is 1.21. The number of carbonyl (C=O) groups is 2. The first kappa shape index (κ1) is 25.1. The van der Waals surface area contributed by atoms with Gasteiger partial charge in [0.2, 0.25) is 5.69 Å². The fourth-order valence-electron chi connectivity index (χ4n) is 4.18. The number of benzene rings is 2. The molecule has 1 aromatic heterocycles. The molecule has 0 aliphatic carbocycles. The first-order valence-electron chi connectivity index (χ1n) is 11.3. The molecular weight excluding hydrogens is 483 g/mol. The predicted molar refractivity (Wildman–Crippen MR) is 136 cm³/mol. The normalized spacial score (nSPS) is 14.8. The van der Waals surface area contributed by atoms with Crippen LogP contribution in [-0.2, 0) is 4.79 Å². The maximum atomic E-state index is 14.6. The van der Waals surface area contributed by atoms with E-state index in [1.807, 2.05) is 0 Å². The number of carbonyl (C=O) groups excluding carboxylic acids is 2. The molecule has 1 aliphatic rings. The van der Waals surface area contributed by atoms with Gasteiger partial charge in [-0.2, -0.15) is 0 Å². The molecule has 0 atom stereocenters. The highest BCUT2D eigenvalue weighted by atomic mass is 35.5. The van der Waals surface area contributed by atoms with E-state index in [4.69, 9.17) is 22.9 Å². The summed E-state index contributed by atoms with van der Waals surface area (Å²) in [6, 6.07) is 10.7. The number of aromatic nitrogens is 1. The molecule has 1 saturated heterocycles. The van der Waals surface area contributed by atoms with Gasteiger partial charge in [-0.1, -0.05) is 17.7 Å². The van der Waals surface area contributed by atoms with Crippen LogP contribution in [-0.4, -0.2) is 40.5 Å². The molecule has 0 radical (unpaired) electrons. The number of hydrogen-bond acceptors (Lipinski definition) is 4. The second kappa shape index (κ2) is 9.96. The van der Waals surface area contributed by atoms with E-state index in [-0.39, 0.29) is 29.8 Å². The molecule has 0 saturated carbocycles. The average Bonchev–Trinajstić information content (AvgIpc) is 3.03. The van der Waals surface area contributed by atoms with Gasteiger partial charge in [0.25, 0.3) is 5.91 Å². The molecule has 184 valence electrons. The second-order valence-corrected chi connectivity index (χ2v) is 9.25. The number of hydrogen-bond donors (Lipinski definition) is 0. The molecule has 36 heavy (non-hydrogen) atoms. The summed E-state index contributed by atoms with van der Waals surface area (Å²) in [5, 5.41) is 0.218. The van der Waals surface area contributed by atoms with Crippen LogP contribution in [0.5, 0.6) is 5.75 Å². The molecule has 7 nitrogen and oxygen atoms in total. The van der Waals surface area contributed by atoms with E-state index in [9.17, 15) is 14.0 Å². The summed E-state index contributed by atoms with van der Waals surface area (Å²) in [5.74, 6) is -0.411. The van der Waals surface area contributed by atoms with Crippen LogP contribution in [0.4, 0.5) is 20.6 Å². The van der Waals surface area contributed by atoms with Crippen molar-refractivity contribution in [1.29, 1.82) is 0 Å².